The van der Waals surface area contributed by atoms with E-state index in [2.05, 4.69) is 24.3 Å². The van der Waals surface area contributed by atoms with E-state index in [4.69, 9.17) is 11.6 Å². The first-order valence-corrected chi connectivity index (χ1v) is 5.97. The Labute approximate surface area is 94.8 Å². The Balaban J connectivity index is 2.70. The van der Waals surface area contributed by atoms with Crippen LogP contribution in [-0.4, -0.2) is 16.0 Å². The fourth-order valence-corrected chi connectivity index (χ4v) is 2.08. The number of hydrogen-bond acceptors (Lipinski definition) is 5. The summed E-state index contributed by atoms with van der Waals surface area (Å²) in [6.45, 7) is 4.32. The summed E-state index contributed by atoms with van der Waals surface area (Å²) >= 11 is 1.84. The van der Waals surface area contributed by atoms with E-state index in [1.54, 1.807) is 18.5 Å². The zero-order valence-corrected chi connectivity index (χ0v) is 9.92. The number of thioether (sulfide) groups is 1. The van der Waals surface area contributed by atoms with Gasteiger partial charge in [-0.15, -0.1) is 0 Å². The van der Waals surface area contributed by atoms with Crippen LogP contribution in [-0.2, 0) is 0 Å². The second-order valence-electron chi connectivity index (χ2n) is 3.61. The van der Waals surface area contributed by atoms with Crippen molar-refractivity contribution in [1.82, 2.24) is 10.4 Å². The van der Waals surface area contributed by atoms with Crippen LogP contribution in [0.1, 0.15) is 25.5 Å². The molecule has 15 heavy (non-hydrogen) atoms. The molecular weight excluding hydrogens is 208 g/mol. The molecule has 0 aliphatic carbocycles. The summed E-state index contributed by atoms with van der Waals surface area (Å²) in [4.78, 5) is 4.06. The summed E-state index contributed by atoms with van der Waals surface area (Å²) in [5, 5.41) is 0.582. The van der Waals surface area contributed by atoms with E-state index in [0.717, 1.165) is 17.0 Å². The molecule has 1 unspecified atom stereocenters. The van der Waals surface area contributed by atoms with Gasteiger partial charge in [-0.2, -0.15) is 11.8 Å². The third kappa shape index (κ3) is 3.70. The number of rotatable bonds is 5. The molecule has 1 heterocycles. The Morgan fingerprint density at radius 2 is 2.27 bits per heavy atom. The average molecular weight is 226 g/mol. The van der Waals surface area contributed by atoms with E-state index in [-0.39, 0.29) is 6.04 Å². The molecule has 0 saturated carbocycles. The van der Waals surface area contributed by atoms with E-state index in [0.29, 0.717) is 5.25 Å². The molecule has 0 saturated heterocycles. The normalized spacial score (nSPS) is 13.1. The van der Waals surface area contributed by atoms with Crippen molar-refractivity contribution in [2.45, 2.75) is 25.1 Å². The molecule has 5 heteroatoms. The van der Waals surface area contributed by atoms with Gasteiger partial charge >= 0.3 is 0 Å². The van der Waals surface area contributed by atoms with E-state index in [1.165, 1.54) is 0 Å². The highest BCUT2D eigenvalue weighted by Gasteiger charge is 2.13. The predicted molar refractivity (Wildman–Crippen MR) is 66.3 cm³/mol. The van der Waals surface area contributed by atoms with Crippen molar-refractivity contribution < 1.29 is 0 Å². The zero-order chi connectivity index (χ0) is 11.3. The predicted octanol–water partition coefficient (Wildman–Crippen LogP) is 1.31. The number of nitrogens with two attached hydrogens (primary N) is 2. The summed E-state index contributed by atoms with van der Waals surface area (Å²) in [7, 11) is 0. The second-order valence-corrected chi connectivity index (χ2v) is 5.22. The van der Waals surface area contributed by atoms with Crippen LogP contribution >= 0.6 is 11.8 Å². The van der Waals surface area contributed by atoms with Gasteiger partial charge < -0.3 is 5.73 Å². The van der Waals surface area contributed by atoms with Gasteiger partial charge in [-0.1, -0.05) is 13.8 Å². The minimum atomic E-state index is 0.0612. The molecule has 0 bridgehead atoms. The largest absolute Gasteiger partial charge is 0.398 e. The monoisotopic (exact) mass is 226 g/mol. The summed E-state index contributed by atoms with van der Waals surface area (Å²) in [5.74, 6) is 6.41. The van der Waals surface area contributed by atoms with Crippen molar-refractivity contribution in [1.29, 1.82) is 0 Å². The van der Waals surface area contributed by atoms with Crippen molar-refractivity contribution in [3.8, 4) is 0 Å². The van der Waals surface area contributed by atoms with Gasteiger partial charge in [-0.05, 0) is 11.3 Å². The Bertz CT molecular complexity index is 303. The molecule has 0 spiro atoms. The number of nitrogen functional groups attached to an aromatic ring is 1. The van der Waals surface area contributed by atoms with Gasteiger partial charge in [0.2, 0.25) is 0 Å². The van der Waals surface area contributed by atoms with Crippen LogP contribution in [0.2, 0.25) is 0 Å². The summed E-state index contributed by atoms with van der Waals surface area (Å²) in [5.41, 5.74) is 10.3. The van der Waals surface area contributed by atoms with Crippen molar-refractivity contribution >= 4 is 17.4 Å². The Hall–Kier alpha value is -0.780. The lowest BCUT2D eigenvalue weighted by atomic mass is 10.1. The fraction of sp³-hybridized carbons (Fsp3) is 0.500. The first kappa shape index (κ1) is 12.3. The van der Waals surface area contributed by atoms with Crippen LogP contribution in [0.3, 0.4) is 0 Å². The van der Waals surface area contributed by atoms with Crippen molar-refractivity contribution in [2.24, 2.45) is 5.84 Å². The van der Waals surface area contributed by atoms with Gasteiger partial charge in [0, 0.05) is 29.4 Å². The number of hydrogen-bond donors (Lipinski definition) is 3. The maximum Gasteiger partial charge on any atom is 0.0586 e. The van der Waals surface area contributed by atoms with E-state index in [9.17, 15) is 0 Å². The standard InChI is InChI=1S/C10H18N4S/c1-7(2)15-6-10(14-12)8-5-13-4-3-9(8)11/h3-5,7,10,14H,6,12H2,1-2H3,(H2,11,13). The molecule has 1 atom stereocenters. The van der Waals surface area contributed by atoms with Crippen LogP contribution in [0.15, 0.2) is 18.5 Å². The van der Waals surface area contributed by atoms with Crippen molar-refractivity contribution in [3.05, 3.63) is 24.0 Å². The molecule has 0 aliphatic rings. The Kier molecular flexibility index (Phi) is 4.87. The molecule has 0 radical (unpaired) electrons. The molecule has 1 aromatic heterocycles. The number of hydrazine groups is 1. The molecule has 0 amide bonds. The van der Waals surface area contributed by atoms with Gasteiger partial charge in [-0.25, -0.2) is 0 Å². The fourth-order valence-electron chi connectivity index (χ4n) is 1.22. The molecular formula is C10H18N4S. The Morgan fingerprint density at radius 3 is 2.80 bits per heavy atom. The molecule has 0 aliphatic heterocycles. The topological polar surface area (TPSA) is 77.0 Å². The number of pyridine rings is 1. The van der Waals surface area contributed by atoms with Gasteiger partial charge in [0.15, 0.2) is 0 Å². The molecule has 4 nitrogen and oxygen atoms in total. The zero-order valence-electron chi connectivity index (χ0n) is 9.10. The number of anilines is 1. The van der Waals surface area contributed by atoms with E-state index in [1.807, 2.05) is 11.8 Å². The second kappa shape index (κ2) is 5.95. The number of aromatic nitrogens is 1. The van der Waals surface area contributed by atoms with Gasteiger partial charge in [0.1, 0.15) is 0 Å². The highest BCUT2D eigenvalue weighted by Crippen LogP contribution is 2.23. The molecule has 5 N–H and O–H groups in total. The number of nitrogens with one attached hydrogen (secondary N) is 1. The molecule has 84 valence electrons. The lowest BCUT2D eigenvalue weighted by Crippen LogP contribution is -2.30. The van der Waals surface area contributed by atoms with E-state index < -0.39 is 0 Å². The van der Waals surface area contributed by atoms with Crippen LogP contribution < -0.4 is 17.0 Å². The Morgan fingerprint density at radius 1 is 1.53 bits per heavy atom. The quantitative estimate of drug-likeness (QED) is 0.521. The van der Waals surface area contributed by atoms with Gasteiger partial charge in [0.25, 0.3) is 0 Å². The van der Waals surface area contributed by atoms with Crippen LogP contribution in [0.25, 0.3) is 0 Å². The molecule has 1 aromatic rings. The summed E-state index contributed by atoms with van der Waals surface area (Å²) in [6, 6.07) is 1.85. The smallest absolute Gasteiger partial charge is 0.0586 e. The SMILES string of the molecule is CC(C)SCC(NN)c1cnccc1N. The average Bonchev–Trinajstić information content (AvgIpc) is 2.21. The summed E-state index contributed by atoms with van der Waals surface area (Å²) in [6.07, 6.45) is 3.45. The van der Waals surface area contributed by atoms with Crippen molar-refractivity contribution in [3.63, 3.8) is 0 Å². The lowest BCUT2D eigenvalue weighted by Gasteiger charge is -2.18. The molecule has 0 fully saturated rings. The van der Waals surface area contributed by atoms with Crippen LogP contribution in [0.5, 0.6) is 0 Å². The number of nitrogens with zero attached hydrogens (tertiary/aromatic N) is 1. The van der Waals surface area contributed by atoms with Crippen molar-refractivity contribution in [2.75, 3.05) is 11.5 Å². The van der Waals surface area contributed by atoms with E-state index >= 15 is 0 Å². The third-order valence-electron chi connectivity index (χ3n) is 2.06. The first-order valence-electron chi connectivity index (χ1n) is 4.92. The minimum Gasteiger partial charge on any atom is -0.398 e. The van der Waals surface area contributed by atoms with Gasteiger partial charge in [-0.3, -0.25) is 16.3 Å². The lowest BCUT2D eigenvalue weighted by molar-refractivity contribution is 0.610. The highest BCUT2D eigenvalue weighted by molar-refractivity contribution is 7.99. The van der Waals surface area contributed by atoms with Crippen LogP contribution in [0, 0.1) is 0 Å². The molecule has 1 rings (SSSR count). The maximum atomic E-state index is 5.86. The molecule has 0 aromatic carbocycles. The maximum absolute atomic E-state index is 5.86. The van der Waals surface area contributed by atoms with Crippen LogP contribution in [0.4, 0.5) is 5.69 Å². The third-order valence-corrected chi connectivity index (χ3v) is 3.25. The van der Waals surface area contributed by atoms with Gasteiger partial charge in [0.05, 0.1) is 6.04 Å². The first-order chi connectivity index (χ1) is 7.15. The summed E-state index contributed by atoms with van der Waals surface area (Å²) < 4.78 is 0. The minimum absolute atomic E-state index is 0.0612. The highest BCUT2D eigenvalue weighted by atomic mass is 32.2.